The van der Waals surface area contributed by atoms with Crippen molar-refractivity contribution in [3.63, 3.8) is 0 Å². The summed E-state index contributed by atoms with van der Waals surface area (Å²) in [4.78, 5) is 10.8. The number of fused-ring (bicyclic) bond motifs is 2. The third-order valence-corrected chi connectivity index (χ3v) is 7.03. The van der Waals surface area contributed by atoms with Crippen LogP contribution in [0.2, 0.25) is 0 Å². The molecule has 3 heterocycles. The van der Waals surface area contributed by atoms with Crippen LogP contribution in [0.5, 0.6) is 5.75 Å². The van der Waals surface area contributed by atoms with Crippen molar-refractivity contribution >= 4 is 21.8 Å². The smallest absolute Gasteiger partial charge is 0.128 e. The summed E-state index contributed by atoms with van der Waals surface area (Å²) in [6.45, 7) is 6.42. The number of pyridine rings is 1. The van der Waals surface area contributed by atoms with Gasteiger partial charge in [-0.05, 0) is 87.0 Å². The van der Waals surface area contributed by atoms with E-state index in [0.29, 0.717) is 5.92 Å². The summed E-state index contributed by atoms with van der Waals surface area (Å²) in [6, 6.07) is 19.4. The van der Waals surface area contributed by atoms with Gasteiger partial charge >= 0.3 is 0 Å². The predicted octanol–water partition coefficient (Wildman–Crippen LogP) is 6.71. The van der Waals surface area contributed by atoms with Crippen LogP contribution in [0, 0.1) is 0 Å². The van der Waals surface area contributed by atoms with Crippen LogP contribution in [0.15, 0.2) is 60.8 Å². The Labute approximate surface area is 197 Å². The minimum Gasteiger partial charge on any atom is -0.493 e. The van der Waals surface area contributed by atoms with Gasteiger partial charge in [-0.3, -0.25) is 4.98 Å². The molecular weight excluding hydrogens is 406 g/mol. The number of aromatic amines is 1. The van der Waals surface area contributed by atoms with Crippen LogP contribution in [0.4, 0.5) is 0 Å². The first-order valence-electron chi connectivity index (χ1n) is 12.6. The molecule has 0 aliphatic carbocycles. The van der Waals surface area contributed by atoms with Gasteiger partial charge in [0.1, 0.15) is 5.75 Å². The Morgan fingerprint density at radius 2 is 1.91 bits per heavy atom. The average molecular weight is 442 g/mol. The number of aromatic nitrogens is 2. The Kier molecular flexibility index (Phi) is 6.92. The van der Waals surface area contributed by atoms with Crippen LogP contribution < -0.4 is 4.74 Å². The number of H-pyrrole nitrogens is 1. The molecule has 4 heteroatoms. The van der Waals surface area contributed by atoms with Crippen molar-refractivity contribution in [2.75, 3.05) is 26.2 Å². The highest BCUT2D eigenvalue weighted by molar-refractivity contribution is 5.86. The first-order valence-corrected chi connectivity index (χ1v) is 12.6. The quantitative estimate of drug-likeness (QED) is 0.294. The maximum atomic E-state index is 6.20. The van der Waals surface area contributed by atoms with E-state index in [2.05, 4.69) is 82.6 Å². The number of aryl methyl sites for hydroxylation is 1. The number of para-hydroxylation sites is 1. The lowest BCUT2D eigenvalue weighted by atomic mass is 9.90. The van der Waals surface area contributed by atoms with E-state index in [4.69, 9.17) is 4.74 Å². The molecule has 0 bridgehead atoms. The highest BCUT2D eigenvalue weighted by Crippen LogP contribution is 2.30. The van der Waals surface area contributed by atoms with Gasteiger partial charge in [0, 0.05) is 34.7 Å². The Hall–Kier alpha value is -2.85. The molecule has 2 aromatic carbocycles. The Bertz CT molecular complexity index is 1190. The average Bonchev–Trinajstić information content (AvgIpc) is 3.29. The van der Waals surface area contributed by atoms with Gasteiger partial charge in [0.15, 0.2) is 0 Å². The second-order valence-electron chi connectivity index (χ2n) is 9.39. The first kappa shape index (κ1) is 22.0. The van der Waals surface area contributed by atoms with Gasteiger partial charge in [0.25, 0.3) is 0 Å². The van der Waals surface area contributed by atoms with Crippen molar-refractivity contribution in [3.8, 4) is 5.75 Å². The van der Waals surface area contributed by atoms with E-state index in [1.165, 1.54) is 53.2 Å². The summed E-state index contributed by atoms with van der Waals surface area (Å²) in [7, 11) is 0. The summed E-state index contributed by atoms with van der Waals surface area (Å²) < 4.78 is 6.20. The molecule has 1 N–H and O–H groups in total. The van der Waals surface area contributed by atoms with E-state index >= 15 is 0 Å². The maximum absolute atomic E-state index is 6.20. The fraction of sp³-hybridized carbons (Fsp3) is 0.414. The monoisotopic (exact) mass is 441 g/mol. The van der Waals surface area contributed by atoms with Crippen molar-refractivity contribution in [3.05, 3.63) is 72.1 Å². The molecule has 1 saturated heterocycles. The normalized spacial score (nSPS) is 15.4. The van der Waals surface area contributed by atoms with Crippen molar-refractivity contribution in [2.45, 2.75) is 51.4 Å². The minimum atomic E-state index is 0.628. The summed E-state index contributed by atoms with van der Waals surface area (Å²) in [5.41, 5.74) is 4.98. The molecule has 0 amide bonds. The van der Waals surface area contributed by atoms with Crippen LogP contribution in [-0.2, 0) is 6.42 Å². The van der Waals surface area contributed by atoms with Gasteiger partial charge in [-0.1, -0.05) is 37.6 Å². The fourth-order valence-corrected chi connectivity index (χ4v) is 5.08. The molecule has 1 aliphatic heterocycles. The molecule has 0 unspecified atom stereocenters. The molecule has 33 heavy (non-hydrogen) atoms. The summed E-state index contributed by atoms with van der Waals surface area (Å²) in [6.07, 6.45) is 9.12. The number of hydrogen-bond donors (Lipinski definition) is 1. The zero-order valence-electron chi connectivity index (χ0n) is 19.7. The number of piperidine rings is 1. The molecule has 4 nitrogen and oxygen atoms in total. The predicted molar refractivity (Wildman–Crippen MR) is 137 cm³/mol. The number of rotatable bonds is 9. The Balaban J connectivity index is 1.09. The number of nitrogens with zero attached hydrogens (tertiary/aromatic N) is 2. The minimum absolute atomic E-state index is 0.628. The first-order chi connectivity index (χ1) is 16.3. The van der Waals surface area contributed by atoms with Gasteiger partial charge in [0.2, 0.25) is 0 Å². The molecule has 0 spiro atoms. The number of hydrogen-bond acceptors (Lipinski definition) is 3. The largest absolute Gasteiger partial charge is 0.493 e. The highest BCUT2D eigenvalue weighted by atomic mass is 16.5. The molecule has 0 atom stereocenters. The van der Waals surface area contributed by atoms with Crippen LogP contribution in [0.25, 0.3) is 21.8 Å². The van der Waals surface area contributed by atoms with Crippen molar-refractivity contribution in [1.82, 2.24) is 14.9 Å². The fourth-order valence-electron chi connectivity index (χ4n) is 5.08. The Morgan fingerprint density at radius 1 is 1.03 bits per heavy atom. The zero-order valence-corrected chi connectivity index (χ0v) is 19.7. The maximum Gasteiger partial charge on any atom is 0.128 e. The van der Waals surface area contributed by atoms with Crippen LogP contribution in [-0.4, -0.2) is 41.1 Å². The lowest BCUT2D eigenvalue weighted by Crippen LogP contribution is -2.34. The van der Waals surface area contributed by atoms with Gasteiger partial charge in [-0.2, -0.15) is 0 Å². The molecule has 4 aromatic rings. The third kappa shape index (κ3) is 5.22. The number of nitrogens with one attached hydrogen (secondary N) is 1. The zero-order chi connectivity index (χ0) is 22.5. The standard InChI is InChI=1S/C29H35N3O/c1-2-3-9-25-20-26-28(31-25)11-6-12-29(26)33-18-7-15-32-16-13-22(14-17-32)24-19-23-8-4-5-10-27(23)30-21-24/h4-6,8,10-12,19-22,31H,2-3,7,9,13-18H2,1H3. The van der Waals surface area contributed by atoms with E-state index in [1.807, 2.05) is 0 Å². The van der Waals surface area contributed by atoms with Gasteiger partial charge in [0.05, 0.1) is 12.1 Å². The molecule has 172 valence electrons. The molecule has 1 fully saturated rings. The Morgan fingerprint density at radius 3 is 2.79 bits per heavy atom. The van der Waals surface area contributed by atoms with Gasteiger partial charge < -0.3 is 14.6 Å². The van der Waals surface area contributed by atoms with Gasteiger partial charge in [-0.25, -0.2) is 0 Å². The van der Waals surface area contributed by atoms with E-state index in [-0.39, 0.29) is 0 Å². The molecule has 0 radical (unpaired) electrons. The van der Waals surface area contributed by atoms with E-state index in [1.54, 1.807) is 0 Å². The number of unbranched alkanes of at least 4 members (excludes halogenated alkanes) is 1. The number of benzene rings is 2. The molecule has 5 rings (SSSR count). The highest BCUT2D eigenvalue weighted by Gasteiger charge is 2.21. The number of ether oxygens (including phenoxy) is 1. The lowest BCUT2D eigenvalue weighted by molar-refractivity contribution is 0.193. The van der Waals surface area contributed by atoms with Crippen LogP contribution >= 0.6 is 0 Å². The second-order valence-corrected chi connectivity index (χ2v) is 9.39. The molecule has 0 saturated carbocycles. The van der Waals surface area contributed by atoms with Crippen molar-refractivity contribution in [2.24, 2.45) is 0 Å². The van der Waals surface area contributed by atoms with Gasteiger partial charge in [-0.15, -0.1) is 0 Å². The van der Waals surface area contributed by atoms with Crippen LogP contribution in [0.3, 0.4) is 0 Å². The van der Waals surface area contributed by atoms with Crippen molar-refractivity contribution in [1.29, 1.82) is 0 Å². The molecule has 1 aliphatic rings. The number of likely N-dealkylation sites (tertiary alicyclic amines) is 1. The third-order valence-electron chi connectivity index (χ3n) is 7.03. The summed E-state index contributed by atoms with van der Waals surface area (Å²) in [5, 5.41) is 2.47. The SMILES string of the molecule is CCCCc1cc2c(OCCCN3CCC(c4cnc5ccccc5c4)CC3)cccc2[nH]1. The van der Waals surface area contributed by atoms with E-state index in [9.17, 15) is 0 Å². The summed E-state index contributed by atoms with van der Waals surface area (Å²) in [5.74, 6) is 1.64. The molecular formula is C29H35N3O. The van der Waals surface area contributed by atoms with E-state index in [0.717, 1.165) is 50.3 Å². The van der Waals surface area contributed by atoms with Crippen LogP contribution in [0.1, 0.15) is 56.2 Å². The second kappa shape index (κ2) is 10.4. The topological polar surface area (TPSA) is 41.1 Å². The van der Waals surface area contributed by atoms with E-state index < -0.39 is 0 Å². The summed E-state index contributed by atoms with van der Waals surface area (Å²) >= 11 is 0. The molecule has 2 aromatic heterocycles. The lowest BCUT2D eigenvalue weighted by Gasteiger charge is -2.32. The van der Waals surface area contributed by atoms with Crippen molar-refractivity contribution < 1.29 is 4.74 Å².